The first-order chi connectivity index (χ1) is 8.17. The van der Waals surface area contributed by atoms with E-state index in [1.165, 1.54) is 0 Å². The molecule has 1 aromatic rings. The third kappa shape index (κ3) is 4.53. The highest BCUT2D eigenvalue weighted by atomic mass is 16.1. The SMILES string of the molecule is CCC(CN)CC(=O)N[C@H](C)c1ccncc1. The van der Waals surface area contributed by atoms with Gasteiger partial charge in [-0.25, -0.2) is 0 Å². The normalized spacial score (nSPS) is 14.1. The molecule has 0 bridgehead atoms. The van der Waals surface area contributed by atoms with E-state index in [1.807, 2.05) is 19.1 Å². The van der Waals surface area contributed by atoms with E-state index in [1.54, 1.807) is 12.4 Å². The highest BCUT2D eigenvalue weighted by Gasteiger charge is 2.13. The van der Waals surface area contributed by atoms with Gasteiger partial charge >= 0.3 is 0 Å². The van der Waals surface area contributed by atoms with Crippen molar-refractivity contribution in [3.05, 3.63) is 30.1 Å². The summed E-state index contributed by atoms with van der Waals surface area (Å²) in [7, 11) is 0. The fourth-order valence-electron chi connectivity index (χ4n) is 1.69. The van der Waals surface area contributed by atoms with Crippen molar-refractivity contribution in [1.82, 2.24) is 10.3 Å². The van der Waals surface area contributed by atoms with Crippen molar-refractivity contribution in [3.8, 4) is 0 Å². The second-order valence-electron chi connectivity index (χ2n) is 4.28. The maximum absolute atomic E-state index is 11.8. The van der Waals surface area contributed by atoms with Crippen LogP contribution in [-0.4, -0.2) is 17.4 Å². The van der Waals surface area contributed by atoms with Crippen molar-refractivity contribution < 1.29 is 4.79 Å². The fraction of sp³-hybridized carbons (Fsp3) is 0.538. The number of carbonyl (C=O) groups excluding carboxylic acids is 1. The molecule has 0 aliphatic rings. The van der Waals surface area contributed by atoms with E-state index < -0.39 is 0 Å². The number of nitrogens with zero attached hydrogens (tertiary/aromatic N) is 1. The van der Waals surface area contributed by atoms with Crippen molar-refractivity contribution in [2.75, 3.05) is 6.54 Å². The van der Waals surface area contributed by atoms with Crippen LogP contribution in [-0.2, 0) is 4.79 Å². The maximum Gasteiger partial charge on any atom is 0.220 e. The van der Waals surface area contributed by atoms with Gasteiger partial charge in [0.1, 0.15) is 0 Å². The number of aromatic nitrogens is 1. The molecule has 0 aliphatic carbocycles. The summed E-state index contributed by atoms with van der Waals surface area (Å²) in [5, 5.41) is 2.97. The minimum atomic E-state index is 0.0146. The molecule has 0 spiro atoms. The van der Waals surface area contributed by atoms with Crippen LogP contribution < -0.4 is 11.1 Å². The molecule has 1 aromatic heterocycles. The maximum atomic E-state index is 11.8. The van der Waals surface area contributed by atoms with Gasteiger partial charge in [0.25, 0.3) is 0 Å². The van der Waals surface area contributed by atoms with E-state index in [4.69, 9.17) is 5.73 Å². The van der Waals surface area contributed by atoms with E-state index in [9.17, 15) is 4.79 Å². The zero-order valence-corrected chi connectivity index (χ0v) is 10.5. The summed E-state index contributed by atoms with van der Waals surface area (Å²) in [5.41, 5.74) is 6.65. The Bertz CT molecular complexity index is 336. The third-order valence-electron chi connectivity index (χ3n) is 2.97. The Labute approximate surface area is 103 Å². The molecule has 1 unspecified atom stereocenters. The summed E-state index contributed by atoms with van der Waals surface area (Å²) >= 11 is 0. The molecule has 1 heterocycles. The lowest BCUT2D eigenvalue weighted by molar-refractivity contribution is -0.122. The smallest absolute Gasteiger partial charge is 0.220 e. The largest absolute Gasteiger partial charge is 0.350 e. The van der Waals surface area contributed by atoms with Gasteiger partial charge in [-0.15, -0.1) is 0 Å². The standard InChI is InChI=1S/C13H21N3O/c1-3-11(9-14)8-13(17)16-10(2)12-4-6-15-7-5-12/h4-7,10-11H,3,8-9,14H2,1-2H3,(H,16,17)/t10-,11?/m1/s1. The molecule has 0 aromatic carbocycles. The molecule has 0 saturated heterocycles. The minimum absolute atomic E-state index is 0.0146. The first-order valence-corrected chi connectivity index (χ1v) is 6.06. The van der Waals surface area contributed by atoms with Crippen LogP contribution in [0.1, 0.15) is 38.3 Å². The Balaban J connectivity index is 2.46. The topological polar surface area (TPSA) is 68.0 Å². The Morgan fingerprint density at radius 3 is 2.65 bits per heavy atom. The molecule has 4 nitrogen and oxygen atoms in total. The van der Waals surface area contributed by atoms with Crippen LogP contribution in [0.15, 0.2) is 24.5 Å². The van der Waals surface area contributed by atoms with Crippen LogP contribution in [0.5, 0.6) is 0 Å². The predicted octanol–water partition coefficient (Wildman–Crippen LogP) is 1.63. The molecule has 0 saturated carbocycles. The summed E-state index contributed by atoms with van der Waals surface area (Å²) in [6.45, 7) is 4.58. The number of hydrogen-bond acceptors (Lipinski definition) is 3. The van der Waals surface area contributed by atoms with Crippen LogP contribution >= 0.6 is 0 Å². The molecule has 17 heavy (non-hydrogen) atoms. The molecular weight excluding hydrogens is 214 g/mol. The lowest BCUT2D eigenvalue weighted by Gasteiger charge is -2.16. The van der Waals surface area contributed by atoms with Crippen LogP contribution in [0.2, 0.25) is 0 Å². The van der Waals surface area contributed by atoms with Gasteiger partial charge in [0.2, 0.25) is 5.91 Å². The molecule has 1 amide bonds. The van der Waals surface area contributed by atoms with Crippen molar-refractivity contribution in [2.45, 2.75) is 32.7 Å². The lowest BCUT2D eigenvalue weighted by Crippen LogP contribution is -2.30. The second kappa shape index (κ2) is 7.01. The predicted molar refractivity (Wildman–Crippen MR) is 68.2 cm³/mol. The number of nitrogens with one attached hydrogen (secondary N) is 1. The number of hydrogen-bond donors (Lipinski definition) is 2. The van der Waals surface area contributed by atoms with Crippen molar-refractivity contribution in [3.63, 3.8) is 0 Å². The van der Waals surface area contributed by atoms with Crippen molar-refractivity contribution in [2.24, 2.45) is 11.7 Å². The van der Waals surface area contributed by atoms with Gasteiger partial charge < -0.3 is 11.1 Å². The molecule has 3 N–H and O–H groups in total. The quantitative estimate of drug-likeness (QED) is 0.787. The van der Waals surface area contributed by atoms with Gasteiger partial charge in [0.15, 0.2) is 0 Å². The first kappa shape index (κ1) is 13.6. The fourth-order valence-corrected chi connectivity index (χ4v) is 1.69. The number of rotatable bonds is 6. The Morgan fingerprint density at radius 1 is 1.47 bits per heavy atom. The van der Waals surface area contributed by atoms with Crippen LogP contribution in [0.4, 0.5) is 0 Å². The zero-order valence-electron chi connectivity index (χ0n) is 10.5. The van der Waals surface area contributed by atoms with Crippen molar-refractivity contribution in [1.29, 1.82) is 0 Å². The molecule has 0 radical (unpaired) electrons. The monoisotopic (exact) mass is 235 g/mol. The highest BCUT2D eigenvalue weighted by molar-refractivity contribution is 5.76. The third-order valence-corrected chi connectivity index (χ3v) is 2.97. The van der Waals surface area contributed by atoms with E-state index in [0.717, 1.165) is 12.0 Å². The molecule has 1 rings (SSSR count). The highest BCUT2D eigenvalue weighted by Crippen LogP contribution is 2.12. The molecule has 0 aliphatic heterocycles. The van der Waals surface area contributed by atoms with Crippen LogP contribution in [0, 0.1) is 5.92 Å². The van der Waals surface area contributed by atoms with E-state index in [0.29, 0.717) is 13.0 Å². The second-order valence-corrected chi connectivity index (χ2v) is 4.28. The van der Waals surface area contributed by atoms with Gasteiger partial charge in [0.05, 0.1) is 6.04 Å². The summed E-state index contributed by atoms with van der Waals surface area (Å²) < 4.78 is 0. The molecule has 0 fully saturated rings. The van der Waals surface area contributed by atoms with E-state index >= 15 is 0 Å². The molecular formula is C13H21N3O. The van der Waals surface area contributed by atoms with Gasteiger partial charge in [-0.2, -0.15) is 0 Å². The molecule has 4 heteroatoms. The molecule has 2 atom stereocenters. The van der Waals surface area contributed by atoms with E-state index in [-0.39, 0.29) is 17.9 Å². The summed E-state index contributed by atoms with van der Waals surface area (Å²) in [6, 6.07) is 3.83. The van der Waals surface area contributed by atoms with Crippen molar-refractivity contribution >= 4 is 5.91 Å². The van der Waals surface area contributed by atoms with Gasteiger partial charge in [-0.1, -0.05) is 13.3 Å². The van der Waals surface area contributed by atoms with Gasteiger partial charge in [-0.05, 0) is 37.1 Å². The average molecular weight is 235 g/mol. The van der Waals surface area contributed by atoms with Gasteiger partial charge in [0, 0.05) is 18.8 Å². The van der Waals surface area contributed by atoms with E-state index in [2.05, 4.69) is 17.2 Å². The summed E-state index contributed by atoms with van der Waals surface area (Å²) in [4.78, 5) is 15.7. The number of carbonyl (C=O) groups is 1. The number of nitrogens with two attached hydrogens (primary N) is 1. The minimum Gasteiger partial charge on any atom is -0.350 e. The van der Waals surface area contributed by atoms with Gasteiger partial charge in [-0.3, -0.25) is 9.78 Å². The van der Waals surface area contributed by atoms with Crippen LogP contribution in [0.25, 0.3) is 0 Å². The Morgan fingerprint density at radius 2 is 2.12 bits per heavy atom. The first-order valence-electron chi connectivity index (χ1n) is 6.06. The summed E-state index contributed by atoms with van der Waals surface area (Å²) in [5.74, 6) is 0.339. The zero-order chi connectivity index (χ0) is 12.7. The number of pyridine rings is 1. The lowest BCUT2D eigenvalue weighted by atomic mass is 10.0. The average Bonchev–Trinajstić information content (AvgIpc) is 2.37. The number of amides is 1. The Hall–Kier alpha value is -1.42. The summed E-state index contributed by atoms with van der Waals surface area (Å²) in [6.07, 6.45) is 4.90. The molecule has 94 valence electrons. The van der Waals surface area contributed by atoms with Crippen LogP contribution in [0.3, 0.4) is 0 Å². The Kier molecular flexibility index (Phi) is 5.63.